The van der Waals surface area contributed by atoms with Gasteiger partial charge in [0.1, 0.15) is 5.82 Å². The molecule has 1 aromatic rings. The minimum absolute atomic E-state index is 0.0952. The highest BCUT2D eigenvalue weighted by atomic mass is 19.2. The van der Waals surface area contributed by atoms with Crippen molar-refractivity contribution in [2.75, 3.05) is 6.61 Å². The Kier molecular flexibility index (Phi) is 4.24. The van der Waals surface area contributed by atoms with Crippen molar-refractivity contribution in [1.29, 1.82) is 0 Å². The van der Waals surface area contributed by atoms with Crippen LogP contribution < -0.4 is 5.32 Å². The molecule has 1 aromatic carbocycles. The van der Waals surface area contributed by atoms with E-state index >= 15 is 0 Å². The lowest BCUT2D eigenvalue weighted by molar-refractivity contribution is 0.205. The van der Waals surface area contributed by atoms with Gasteiger partial charge in [0.05, 0.1) is 0 Å². The monoisotopic (exact) mass is 259 g/mol. The third kappa shape index (κ3) is 2.84. The molecule has 0 amide bonds. The lowest BCUT2D eigenvalue weighted by atomic mass is 10.0. The Morgan fingerprint density at radius 1 is 1.11 bits per heavy atom. The summed E-state index contributed by atoms with van der Waals surface area (Å²) in [5.74, 6) is -2.80. The van der Waals surface area contributed by atoms with Crippen molar-refractivity contribution in [2.24, 2.45) is 5.92 Å². The van der Waals surface area contributed by atoms with Gasteiger partial charge in [-0.15, -0.1) is 0 Å². The van der Waals surface area contributed by atoms with Gasteiger partial charge in [0, 0.05) is 30.8 Å². The van der Waals surface area contributed by atoms with Crippen LogP contribution in [0.5, 0.6) is 0 Å². The first-order chi connectivity index (χ1) is 8.61. The van der Waals surface area contributed by atoms with Crippen LogP contribution >= 0.6 is 0 Å². The Bertz CT molecular complexity index is 425. The summed E-state index contributed by atoms with van der Waals surface area (Å²) in [5, 5.41) is 12.2. The van der Waals surface area contributed by atoms with Crippen LogP contribution in [0.1, 0.15) is 24.8 Å². The average molecular weight is 259 g/mol. The van der Waals surface area contributed by atoms with Gasteiger partial charge in [0.15, 0.2) is 11.6 Å². The maximum atomic E-state index is 13.4. The summed E-state index contributed by atoms with van der Waals surface area (Å²) in [7, 11) is 0. The first-order valence-corrected chi connectivity index (χ1v) is 6.09. The third-order valence-electron chi connectivity index (χ3n) is 3.54. The highest BCUT2D eigenvalue weighted by molar-refractivity contribution is 5.20. The molecule has 0 aliphatic heterocycles. The predicted molar refractivity (Wildman–Crippen MR) is 61.4 cm³/mol. The topological polar surface area (TPSA) is 32.3 Å². The highest BCUT2D eigenvalue weighted by Gasteiger charge is 2.26. The molecule has 18 heavy (non-hydrogen) atoms. The molecule has 0 bridgehead atoms. The summed E-state index contributed by atoms with van der Waals surface area (Å²) in [6.07, 6.45) is 2.87. The van der Waals surface area contributed by atoms with E-state index in [1.54, 1.807) is 0 Å². The molecule has 2 unspecified atom stereocenters. The lowest BCUT2D eigenvalue weighted by Gasteiger charge is -2.19. The van der Waals surface area contributed by atoms with Crippen molar-refractivity contribution in [2.45, 2.75) is 31.8 Å². The van der Waals surface area contributed by atoms with Crippen LogP contribution in [0.25, 0.3) is 0 Å². The Morgan fingerprint density at radius 3 is 2.56 bits per heavy atom. The van der Waals surface area contributed by atoms with Gasteiger partial charge in [0.2, 0.25) is 0 Å². The molecule has 2 nitrogen and oxygen atoms in total. The summed E-state index contributed by atoms with van der Waals surface area (Å²) in [6.45, 7) is 0.238. The fraction of sp³-hybridized carbons (Fsp3) is 0.538. The van der Waals surface area contributed by atoms with Gasteiger partial charge < -0.3 is 10.4 Å². The molecular formula is C13H16F3NO. The molecular weight excluding hydrogens is 243 g/mol. The molecule has 1 aliphatic rings. The number of hydrogen-bond acceptors (Lipinski definition) is 2. The highest BCUT2D eigenvalue weighted by Crippen LogP contribution is 2.25. The summed E-state index contributed by atoms with van der Waals surface area (Å²) < 4.78 is 39.1. The third-order valence-corrected chi connectivity index (χ3v) is 3.54. The molecule has 100 valence electrons. The van der Waals surface area contributed by atoms with Gasteiger partial charge in [-0.1, -0.05) is 6.42 Å². The normalized spacial score (nSPS) is 23.6. The zero-order chi connectivity index (χ0) is 13.1. The molecule has 2 rings (SSSR count). The number of halogens is 3. The molecule has 1 fully saturated rings. The van der Waals surface area contributed by atoms with Crippen LogP contribution in [-0.2, 0) is 6.54 Å². The number of aliphatic hydroxyl groups excluding tert-OH is 1. The van der Waals surface area contributed by atoms with Crippen molar-refractivity contribution in [3.8, 4) is 0 Å². The van der Waals surface area contributed by atoms with Crippen LogP contribution in [0, 0.1) is 23.4 Å². The van der Waals surface area contributed by atoms with Crippen LogP contribution in [0.15, 0.2) is 12.1 Å². The van der Waals surface area contributed by atoms with Crippen molar-refractivity contribution in [3.05, 3.63) is 35.1 Å². The van der Waals surface area contributed by atoms with Crippen LogP contribution in [-0.4, -0.2) is 17.8 Å². The fourth-order valence-electron chi connectivity index (χ4n) is 2.46. The van der Waals surface area contributed by atoms with Gasteiger partial charge >= 0.3 is 0 Å². The summed E-state index contributed by atoms with van der Waals surface area (Å²) >= 11 is 0. The fourth-order valence-corrected chi connectivity index (χ4v) is 2.46. The van der Waals surface area contributed by atoms with E-state index in [0.717, 1.165) is 25.3 Å². The Balaban J connectivity index is 2.00. The summed E-state index contributed by atoms with van der Waals surface area (Å²) in [6, 6.07) is 1.55. The van der Waals surface area contributed by atoms with Gasteiger partial charge in [-0.25, -0.2) is 13.2 Å². The van der Waals surface area contributed by atoms with E-state index in [2.05, 4.69) is 5.32 Å². The van der Waals surface area contributed by atoms with Crippen LogP contribution in [0.2, 0.25) is 0 Å². The van der Waals surface area contributed by atoms with E-state index in [0.29, 0.717) is 6.07 Å². The zero-order valence-electron chi connectivity index (χ0n) is 9.93. The molecule has 0 heterocycles. The van der Waals surface area contributed by atoms with Crippen molar-refractivity contribution >= 4 is 0 Å². The number of nitrogens with one attached hydrogen (secondary N) is 1. The second-order valence-electron chi connectivity index (χ2n) is 4.72. The quantitative estimate of drug-likeness (QED) is 0.814. The van der Waals surface area contributed by atoms with E-state index in [-0.39, 0.29) is 30.7 Å². The number of aliphatic hydroxyl groups is 1. The van der Waals surface area contributed by atoms with E-state index in [1.165, 1.54) is 0 Å². The molecule has 0 saturated heterocycles. The van der Waals surface area contributed by atoms with E-state index in [9.17, 15) is 13.2 Å². The van der Waals surface area contributed by atoms with Crippen molar-refractivity contribution in [1.82, 2.24) is 5.32 Å². The number of rotatable bonds is 4. The molecule has 0 aromatic heterocycles. The van der Waals surface area contributed by atoms with Gasteiger partial charge in [-0.2, -0.15) is 0 Å². The average Bonchev–Trinajstić information content (AvgIpc) is 2.79. The molecule has 2 atom stereocenters. The van der Waals surface area contributed by atoms with Crippen LogP contribution in [0.3, 0.4) is 0 Å². The molecule has 1 saturated carbocycles. The first kappa shape index (κ1) is 13.4. The predicted octanol–water partition coefficient (Wildman–Crippen LogP) is 2.35. The Morgan fingerprint density at radius 2 is 1.83 bits per heavy atom. The van der Waals surface area contributed by atoms with E-state index in [1.807, 2.05) is 0 Å². The Labute approximate surface area is 104 Å². The van der Waals surface area contributed by atoms with Gasteiger partial charge in [-0.3, -0.25) is 0 Å². The largest absolute Gasteiger partial charge is 0.396 e. The maximum absolute atomic E-state index is 13.4. The molecule has 1 aliphatic carbocycles. The minimum atomic E-state index is -1.18. The standard InChI is InChI=1S/C13H16F3NO/c14-10-5-12(16)11(15)4-9(10)6-17-13-3-1-2-8(13)7-18/h4-5,8,13,17-18H,1-3,6-7H2. The lowest BCUT2D eigenvalue weighted by Crippen LogP contribution is -2.33. The Hall–Kier alpha value is -1.07. The van der Waals surface area contributed by atoms with Crippen molar-refractivity contribution in [3.63, 3.8) is 0 Å². The van der Waals surface area contributed by atoms with Crippen molar-refractivity contribution < 1.29 is 18.3 Å². The smallest absolute Gasteiger partial charge is 0.161 e. The second-order valence-corrected chi connectivity index (χ2v) is 4.72. The van der Waals surface area contributed by atoms with E-state index in [4.69, 9.17) is 5.11 Å². The van der Waals surface area contributed by atoms with Crippen LogP contribution in [0.4, 0.5) is 13.2 Å². The SMILES string of the molecule is OCC1CCCC1NCc1cc(F)c(F)cc1F. The molecule has 0 radical (unpaired) electrons. The molecule has 2 N–H and O–H groups in total. The summed E-state index contributed by atoms with van der Waals surface area (Å²) in [4.78, 5) is 0. The molecule has 5 heteroatoms. The van der Waals surface area contributed by atoms with E-state index < -0.39 is 17.5 Å². The summed E-state index contributed by atoms with van der Waals surface area (Å²) in [5.41, 5.74) is 0.109. The first-order valence-electron chi connectivity index (χ1n) is 6.09. The number of benzene rings is 1. The molecule has 0 spiro atoms. The second kappa shape index (κ2) is 5.71. The maximum Gasteiger partial charge on any atom is 0.161 e. The van der Waals surface area contributed by atoms with Gasteiger partial charge in [0.25, 0.3) is 0 Å². The number of hydrogen-bond donors (Lipinski definition) is 2. The minimum Gasteiger partial charge on any atom is -0.396 e. The van der Waals surface area contributed by atoms with Gasteiger partial charge in [-0.05, 0) is 24.8 Å². The zero-order valence-corrected chi connectivity index (χ0v) is 9.93.